The first-order valence-electron chi connectivity index (χ1n) is 9.22. The molecule has 2 aromatic carbocycles. The van der Waals surface area contributed by atoms with Gasteiger partial charge in [0.1, 0.15) is 0 Å². The molecule has 0 saturated carbocycles. The van der Waals surface area contributed by atoms with Crippen LogP contribution < -0.4 is 5.32 Å². The highest BCUT2D eigenvalue weighted by Gasteiger charge is 2.15. The van der Waals surface area contributed by atoms with Crippen molar-refractivity contribution in [2.45, 2.75) is 32.7 Å². The molecular weight excluding hydrogens is 322 g/mol. The van der Waals surface area contributed by atoms with Crippen LogP contribution in [0.25, 0.3) is 0 Å². The number of nitrogens with zero attached hydrogens (tertiary/aromatic N) is 2. The first kappa shape index (κ1) is 18.2. The van der Waals surface area contributed by atoms with Gasteiger partial charge < -0.3 is 5.32 Å². The summed E-state index contributed by atoms with van der Waals surface area (Å²) in [5, 5.41) is 11.6. The predicted octanol–water partition coefficient (Wildman–Crippen LogP) is 4.24. The quantitative estimate of drug-likeness (QED) is 0.880. The maximum atomic E-state index is 12.4. The standard InChI is InChI=1S/C22H25N3O/c1-17-11-14-25(15-12-17)16-19-2-6-20(7-3-19)22(26)24-21-8-4-18(5-9-21)10-13-23/h2-9,17H,10-12,14-16H2,1H3,(H,24,26). The van der Waals surface area contributed by atoms with E-state index in [0.29, 0.717) is 12.0 Å². The topological polar surface area (TPSA) is 56.1 Å². The van der Waals surface area contributed by atoms with Crippen molar-refractivity contribution in [2.24, 2.45) is 5.92 Å². The normalized spacial score (nSPS) is 15.4. The van der Waals surface area contributed by atoms with Gasteiger partial charge in [0.25, 0.3) is 5.91 Å². The fourth-order valence-electron chi connectivity index (χ4n) is 3.24. The number of carbonyl (C=O) groups is 1. The molecule has 4 heteroatoms. The summed E-state index contributed by atoms with van der Waals surface area (Å²) in [6.45, 7) is 5.59. The Hall–Kier alpha value is -2.64. The summed E-state index contributed by atoms with van der Waals surface area (Å²) in [5.41, 5.74) is 3.59. The number of rotatable bonds is 5. The predicted molar refractivity (Wildman–Crippen MR) is 104 cm³/mol. The zero-order chi connectivity index (χ0) is 18.4. The van der Waals surface area contributed by atoms with E-state index in [4.69, 9.17) is 5.26 Å². The lowest BCUT2D eigenvalue weighted by Crippen LogP contribution is -2.32. The smallest absolute Gasteiger partial charge is 0.255 e. The van der Waals surface area contributed by atoms with Crippen molar-refractivity contribution in [3.8, 4) is 6.07 Å². The number of carbonyl (C=O) groups excluding carboxylic acids is 1. The Morgan fingerprint density at radius 2 is 1.69 bits per heavy atom. The molecule has 1 heterocycles. The van der Waals surface area contributed by atoms with E-state index >= 15 is 0 Å². The minimum absolute atomic E-state index is 0.114. The summed E-state index contributed by atoms with van der Waals surface area (Å²) in [5.74, 6) is 0.725. The van der Waals surface area contributed by atoms with Crippen LogP contribution in [-0.4, -0.2) is 23.9 Å². The summed E-state index contributed by atoms with van der Waals surface area (Å²) in [6.07, 6.45) is 2.92. The summed E-state index contributed by atoms with van der Waals surface area (Å²) >= 11 is 0. The fourth-order valence-corrected chi connectivity index (χ4v) is 3.24. The molecule has 4 nitrogen and oxygen atoms in total. The maximum Gasteiger partial charge on any atom is 0.255 e. The molecule has 0 unspecified atom stereocenters. The van der Waals surface area contributed by atoms with Gasteiger partial charge in [-0.25, -0.2) is 0 Å². The number of likely N-dealkylation sites (tertiary alicyclic amines) is 1. The van der Waals surface area contributed by atoms with Gasteiger partial charge in [-0.05, 0) is 67.2 Å². The third-order valence-corrected chi connectivity index (χ3v) is 4.99. The van der Waals surface area contributed by atoms with E-state index in [9.17, 15) is 4.79 Å². The molecule has 0 aliphatic carbocycles. The van der Waals surface area contributed by atoms with Crippen molar-refractivity contribution in [1.82, 2.24) is 4.90 Å². The average Bonchev–Trinajstić information content (AvgIpc) is 2.66. The number of benzene rings is 2. The van der Waals surface area contributed by atoms with Gasteiger partial charge in [0.2, 0.25) is 0 Å². The van der Waals surface area contributed by atoms with Crippen molar-refractivity contribution in [3.05, 3.63) is 65.2 Å². The van der Waals surface area contributed by atoms with Crippen LogP contribution in [0.4, 0.5) is 5.69 Å². The molecule has 1 fully saturated rings. The Kier molecular flexibility index (Phi) is 6.04. The lowest BCUT2D eigenvalue weighted by molar-refractivity contribution is 0.102. The summed E-state index contributed by atoms with van der Waals surface area (Å²) in [7, 11) is 0. The average molecular weight is 347 g/mol. The first-order valence-corrected chi connectivity index (χ1v) is 9.22. The maximum absolute atomic E-state index is 12.4. The summed E-state index contributed by atoms with van der Waals surface area (Å²) < 4.78 is 0. The number of amides is 1. The SMILES string of the molecule is CC1CCN(Cc2ccc(C(=O)Nc3ccc(CC#N)cc3)cc2)CC1. The van der Waals surface area contributed by atoms with Crippen LogP contribution in [0.2, 0.25) is 0 Å². The lowest BCUT2D eigenvalue weighted by Gasteiger charge is -2.30. The van der Waals surface area contributed by atoms with Crippen LogP contribution in [0.5, 0.6) is 0 Å². The van der Waals surface area contributed by atoms with Crippen molar-refractivity contribution in [3.63, 3.8) is 0 Å². The Morgan fingerprint density at radius 1 is 1.08 bits per heavy atom. The highest BCUT2D eigenvalue weighted by atomic mass is 16.1. The largest absolute Gasteiger partial charge is 0.322 e. The van der Waals surface area contributed by atoms with Crippen LogP contribution >= 0.6 is 0 Å². The molecule has 0 radical (unpaired) electrons. The van der Waals surface area contributed by atoms with E-state index in [0.717, 1.165) is 36.8 Å². The number of hydrogen-bond acceptors (Lipinski definition) is 3. The number of nitriles is 1. The van der Waals surface area contributed by atoms with Gasteiger partial charge in [-0.3, -0.25) is 9.69 Å². The second kappa shape index (κ2) is 8.64. The minimum Gasteiger partial charge on any atom is -0.322 e. The number of anilines is 1. The molecule has 1 aliphatic rings. The third-order valence-electron chi connectivity index (χ3n) is 4.99. The molecule has 2 aromatic rings. The van der Waals surface area contributed by atoms with Gasteiger partial charge in [0.05, 0.1) is 12.5 Å². The van der Waals surface area contributed by atoms with Gasteiger partial charge in [-0.1, -0.05) is 31.2 Å². The highest BCUT2D eigenvalue weighted by Crippen LogP contribution is 2.18. The molecule has 1 N–H and O–H groups in total. The molecular formula is C22H25N3O. The van der Waals surface area contributed by atoms with Gasteiger partial charge in [0.15, 0.2) is 0 Å². The van der Waals surface area contributed by atoms with Gasteiger partial charge >= 0.3 is 0 Å². The van der Waals surface area contributed by atoms with Gasteiger partial charge in [0, 0.05) is 17.8 Å². The van der Waals surface area contributed by atoms with Crippen LogP contribution in [-0.2, 0) is 13.0 Å². The monoisotopic (exact) mass is 347 g/mol. The van der Waals surface area contributed by atoms with Gasteiger partial charge in [-0.2, -0.15) is 5.26 Å². The first-order chi connectivity index (χ1) is 12.6. The molecule has 3 rings (SSSR count). The minimum atomic E-state index is -0.114. The Morgan fingerprint density at radius 3 is 2.31 bits per heavy atom. The van der Waals surface area contributed by atoms with E-state index in [2.05, 4.69) is 23.2 Å². The van der Waals surface area contributed by atoms with E-state index in [-0.39, 0.29) is 5.91 Å². The second-order valence-electron chi connectivity index (χ2n) is 7.14. The van der Waals surface area contributed by atoms with Crippen molar-refractivity contribution >= 4 is 11.6 Å². The molecule has 0 aromatic heterocycles. The molecule has 0 bridgehead atoms. The molecule has 26 heavy (non-hydrogen) atoms. The van der Waals surface area contributed by atoms with Crippen molar-refractivity contribution in [1.29, 1.82) is 5.26 Å². The van der Waals surface area contributed by atoms with E-state index in [1.807, 2.05) is 48.5 Å². The molecule has 1 amide bonds. The molecule has 0 atom stereocenters. The van der Waals surface area contributed by atoms with Crippen molar-refractivity contribution < 1.29 is 4.79 Å². The molecule has 0 spiro atoms. The zero-order valence-corrected chi connectivity index (χ0v) is 15.2. The van der Waals surface area contributed by atoms with Crippen LogP contribution in [0.1, 0.15) is 41.3 Å². The Balaban J connectivity index is 1.55. The van der Waals surface area contributed by atoms with Crippen molar-refractivity contribution in [2.75, 3.05) is 18.4 Å². The number of piperidine rings is 1. The molecule has 1 aliphatic heterocycles. The molecule has 134 valence electrons. The number of nitrogens with one attached hydrogen (secondary N) is 1. The third kappa shape index (κ3) is 4.93. The van der Waals surface area contributed by atoms with E-state index in [1.54, 1.807) is 0 Å². The molecule has 1 saturated heterocycles. The van der Waals surface area contributed by atoms with E-state index in [1.165, 1.54) is 18.4 Å². The summed E-state index contributed by atoms with van der Waals surface area (Å²) in [6, 6.07) is 17.4. The zero-order valence-electron chi connectivity index (χ0n) is 15.2. The van der Waals surface area contributed by atoms with Gasteiger partial charge in [-0.15, -0.1) is 0 Å². The van der Waals surface area contributed by atoms with Crippen LogP contribution in [0.15, 0.2) is 48.5 Å². The Labute approximate surface area is 155 Å². The fraction of sp³-hybridized carbons (Fsp3) is 0.364. The van der Waals surface area contributed by atoms with E-state index < -0.39 is 0 Å². The number of hydrogen-bond donors (Lipinski definition) is 1. The Bertz CT molecular complexity index is 767. The highest BCUT2D eigenvalue weighted by molar-refractivity contribution is 6.04. The lowest BCUT2D eigenvalue weighted by atomic mass is 9.99. The summed E-state index contributed by atoms with van der Waals surface area (Å²) in [4.78, 5) is 14.9. The van der Waals surface area contributed by atoms with Crippen LogP contribution in [0, 0.1) is 17.2 Å². The second-order valence-corrected chi connectivity index (χ2v) is 7.14. The van der Waals surface area contributed by atoms with Crippen LogP contribution in [0.3, 0.4) is 0 Å².